The van der Waals surface area contributed by atoms with Crippen LogP contribution < -0.4 is 5.32 Å². The molecule has 1 fully saturated rings. The Balaban J connectivity index is 1.70. The molecule has 0 spiro atoms. The van der Waals surface area contributed by atoms with E-state index in [0.717, 1.165) is 25.9 Å². The molecule has 1 saturated heterocycles. The van der Waals surface area contributed by atoms with Crippen molar-refractivity contribution in [2.45, 2.75) is 19.8 Å². The molecule has 0 radical (unpaired) electrons. The van der Waals surface area contributed by atoms with Crippen molar-refractivity contribution in [3.8, 4) is 0 Å². The Morgan fingerprint density at radius 2 is 2.18 bits per heavy atom. The minimum absolute atomic E-state index is 0.111. The first kappa shape index (κ1) is 15.0. The number of benzene rings is 1. The second-order valence-electron chi connectivity index (χ2n) is 6.56. The molecule has 0 aliphatic carbocycles. The Hall–Kier alpha value is -1.95. The minimum atomic E-state index is -0.370. The molecule has 0 saturated carbocycles. The average Bonchev–Trinajstić information content (AvgIpc) is 2.91. The topological polar surface area (TPSA) is 61.0 Å². The number of carbonyl (C=O) groups is 1. The van der Waals surface area contributed by atoms with Gasteiger partial charge in [-0.3, -0.25) is 9.89 Å². The second kappa shape index (κ2) is 5.68. The maximum absolute atomic E-state index is 13.4. The van der Waals surface area contributed by atoms with Crippen LogP contribution in [0.5, 0.6) is 0 Å². The van der Waals surface area contributed by atoms with Crippen molar-refractivity contribution in [1.82, 2.24) is 20.4 Å². The molecule has 0 bridgehead atoms. The predicted molar refractivity (Wildman–Crippen MR) is 83.2 cm³/mol. The third kappa shape index (κ3) is 2.97. The van der Waals surface area contributed by atoms with Crippen LogP contribution in [0.4, 0.5) is 4.39 Å². The van der Waals surface area contributed by atoms with Gasteiger partial charge in [0, 0.05) is 11.9 Å². The fraction of sp³-hybridized carbons (Fsp3) is 0.500. The standard InChI is InChI=1S/C16H21FN4O/c1-16(5-7-21(2)8-6-16)10-18-15(22)14-12-9-11(17)3-4-13(12)19-20-14/h3-4,9H,5-8,10H2,1-2H3,(H,18,22)(H,19,20). The number of likely N-dealkylation sites (tertiary alicyclic amines) is 1. The van der Waals surface area contributed by atoms with Gasteiger partial charge in [-0.05, 0) is 56.6 Å². The number of hydrogen-bond donors (Lipinski definition) is 2. The smallest absolute Gasteiger partial charge is 0.272 e. The largest absolute Gasteiger partial charge is 0.350 e. The molecule has 22 heavy (non-hydrogen) atoms. The van der Waals surface area contributed by atoms with Gasteiger partial charge in [-0.25, -0.2) is 4.39 Å². The summed E-state index contributed by atoms with van der Waals surface area (Å²) < 4.78 is 13.4. The molecule has 2 heterocycles. The summed E-state index contributed by atoms with van der Waals surface area (Å²) in [5.41, 5.74) is 1.03. The van der Waals surface area contributed by atoms with Crippen LogP contribution in [0.15, 0.2) is 18.2 Å². The third-order valence-corrected chi connectivity index (χ3v) is 4.61. The highest BCUT2D eigenvalue weighted by molar-refractivity contribution is 6.04. The summed E-state index contributed by atoms with van der Waals surface area (Å²) >= 11 is 0. The van der Waals surface area contributed by atoms with E-state index in [1.165, 1.54) is 12.1 Å². The lowest BCUT2D eigenvalue weighted by atomic mass is 9.80. The summed E-state index contributed by atoms with van der Waals surface area (Å²) in [5, 5.41) is 10.3. The Labute approximate surface area is 128 Å². The molecule has 1 amide bonds. The number of hydrogen-bond acceptors (Lipinski definition) is 3. The Bertz CT molecular complexity index is 689. The molecular formula is C16H21FN4O. The molecule has 0 unspecified atom stereocenters. The van der Waals surface area contributed by atoms with Crippen molar-refractivity contribution in [3.63, 3.8) is 0 Å². The molecule has 2 aromatic rings. The number of nitrogens with one attached hydrogen (secondary N) is 2. The van der Waals surface area contributed by atoms with Gasteiger partial charge in [-0.2, -0.15) is 5.10 Å². The molecule has 5 nitrogen and oxygen atoms in total. The van der Waals surface area contributed by atoms with Crippen LogP contribution in [0.3, 0.4) is 0 Å². The molecule has 6 heteroatoms. The Morgan fingerprint density at radius 1 is 1.45 bits per heavy atom. The van der Waals surface area contributed by atoms with Crippen LogP contribution in [0.1, 0.15) is 30.3 Å². The van der Waals surface area contributed by atoms with E-state index in [1.54, 1.807) is 6.07 Å². The number of rotatable bonds is 3. The first-order valence-electron chi connectivity index (χ1n) is 7.57. The molecular weight excluding hydrogens is 283 g/mol. The maximum atomic E-state index is 13.4. The van der Waals surface area contributed by atoms with Crippen molar-refractivity contribution in [1.29, 1.82) is 0 Å². The van der Waals surface area contributed by atoms with Crippen LogP contribution in [-0.4, -0.2) is 47.7 Å². The zero-order chi connectivity index (χ0) is 15.7. The van der Waals surface area contributed by atoms with E-state index in [9.17, 15) is 9.18 Å². The molecule has 1 aromatic carbocycles. The predicted octanol–water partition coefficient (Wildman–Crippen LogP) is 2.16. The van der Waals surface area contributed by atoms with Crippen molar-refractivity contribution >= 4 is 16.8 Å². The van der Waals surface area contributed by atoms with Gasteiger partial charge in [-0.1, -0.05) is 6.92 Å². The van der Waals surface area contributed by atoms with Gasteiger partial charge in [0.25, 0.3) is 5.91 Å². The molecule has 3 rings (SSSR count). The van der Waals surface area contributed by atoms with Gasteiger partial charge in [0.05, 0.1) is 5.52 Å². The van der Waals surface area contributed by atoms with E-state index in [2.05, 4.69) is 34.4 Å². The number of amides is 1. The van der Waals surface area contributed by atoms with Gasteiger partial charge >= 0.3 is 0 Å². The zero-order valence-electron chi connectivity index (χ0n) is 12.9. The van der Waals surface area contributed by atoms with Crippen LogP contribution in [0, 0.1) is 11.2 Å². The van der Waals surface area contributed by atoms with Crippen molar-refractivity contribution in [3.05, 3.63) is 29.7 Å². The normalized spacial score (nSPS) is 18.5. The SMILES string of the molecule is CN1CCC(C)(CNC(=O)c2n[nH]c3ccc(F)cc23)CC1. The molecule has 118 valence electrons. The van der Waals surface area contributed by atoms with Gasteiger partial charge in [-0.15, -0.1) is 0 Å². The van der Waals surface area contributed by atoms with Crippen molar-refractivity contribution < 1.29 is 9.18 Å². The highest BCUT2D eigenvalue weighted by Crippen LogP contribution is 2.29. The third-order valence-electron chi connectivity index (χ3n) is 4.61. The van der Waals surface area contributed by atoms with Gasteiger partial charge in [0.2, 0.25) is 0 Å². The molecule has 1 aromatic heterocycles. The van der Waals surface area contributed by atoms with Crippen LogP contribution >= 0.6 is 0 Å². The van der Waals surface area contributed by atoms with E-state index >= 15 is 0 Å². The average molecular weight is 304 g/mol. The van der Waals surface area contributed by atoms with E-state index in [-0.39, 0.29) is 22.8 Å². The van der Waals surface area contributed by atoms with Crippen LogP contribution in [0.2, 0.25) is 0 Å². The summed E-state index contributed by atoms with van der Waals surface area (Å²) in [4.78, 5) is 14.7. The van der Waals surface area contributed by atoms with E-state index in [1.807, 2.05) is 0 Å². The quantitative estimate of drug-likeness (QED) is 0.913. The fourth-order valence-electron chi connectivity index (χ4n) is 2.87. The van der Waals surface area contributed by atoms with Gasteiger partial charge in [0.1, 0.15) is 5.82 Å². The van der Waals surface area contributed by atoms with Crippen LogP contribution in [-0.2, 0) is 0 Å². The lowest BCUT2D eigenvalue weighted by molar-refractivity contribution is 0.0888. The molecule has 2 N–H and O–H groups in total. The first-order valence-corrected chi connectivity index (χ1v) is 7.57. The highest BCUT2D eigenvalue weighted by atomic mass is 19.1. The first-order chi connectivity index (χ1) is 10.5. The van der Waals surface area contributed by atoms with Crippen LogP contribution in [0.25, 0.3) is 10.9 Å². The molecule has 1 aliphatic heterocycles. The van der Waals surface area contributed by atoms with E-state index in [4.69, 9.17) is 0 Å². The number of piperidine rings is 1. The number of halogens is 1. The lowest BCUT2D eigenvalue weighted by Gasteiger charge is -2.37. The maximum Gasteiger partial charge on any atom is 0.272 e. The monoisotopic (exact) mass is 304 g/mol. The number of aromatic amines is 1. The highest BCUT2D eigenvalue weighted by Gasteiger charge is 2.29. The second-order valence-corrected chi connectivity index (χ2v) is 6.56. The molecule has 0 atom stereocenters. The Morgan fingerprint density at radius 3 is 2.91 bits per heavy atom. The number of carbonyl (C=O) groups excluding carboxylic acids is 1. The zero-order valence-corrected chi connectivity index (χ0v) is 12.9. The summed E-state index contributed by atoms with van der Waals surface area (Å²) in [7, 11) is 2.11. The van der Waals surface area contributed by atoms with Crippen molar-refractivity contribution in [2.75, 3.05) is 26.7 Å². The molecule has 1 aliphatic rings. The van der Waals surface area contributed by atoms with E-state index in [0.29, 0.717) is 17.4 Å². The minimum Gasteiger partial charge on any atom is -0.350 e. The van der Waals surface area contributed by atoms with Gasteiger partial charge in [0.15, 0.2) is 5.69 Å². The van der Waals surface area contributed by atoms with Crippen molar-refractivity contribution in [2.24, 2.45) is 5.41 Å². The fourth-order valence-corrected chi connectivity index (χ4v) is 2.87. The summed E-state index contributed by atoms with van der Waals surface area (Å²) in [6, 6.07) is 4.28. The van der Waals surface area contributed by atoms with Gasteiger partial charge < -0.3 is 10.2 Å². The summed E-state index contributed by atoms with van der Waals surface area (Å²) in [6.07, 6.45) is 2.11. The lowest BCUT2D eigenvalue weighted by Crippen LogP contribution is -2.43. The number of aromatic nitrogens is 2. The Kier molecular flexibility index (Phi) is 3.87. The van der Waals surface area contributed by atoms with E-state index < -0.39 is 0 Å². The number of nitrogens with zero attached hydrogens (tertiary/aromatic N) is 2. The summed E-state index contributed by atoms with van der Waals surface area (Å²) in [6.45, 7) is 4.90. The summed E-state index contributed by atoms with van der Waals surface area (Å²) in [5.74, 6) is -0.623. The number of fused-ring (bicyclic) bond motifs is 1. The number of H-pyrrole nitrogens is 1.